The van der Waals surface area contributed by atoms with E-state index in [1.165, 1.54) is 18.9 Å². The van der Waals surface area contributed by atoms with Gasteiger partial charge >= 0.3 is 12.0 Å². The Morgan fingerprint density at radius 3 is 2.78 bits per heavy atom. The van der Waals surface area contributed by atoms with E-state index >= 15 is 0 Å². The zero-order chi connectivity index (χ0) is 19.6. The predicted molar refractivity (Wildman–Crippen MR) is 103 cm³/mol. The number of aryl methyl sites for hydroxylation is 3. The molecule has 0 bridgehead atoms. The lowest BCUT2D eigenvalue weighted by Gasteiger charge is -2.30. The number of esters is 1. The highest BCUT2D eigenvalue weighted by Gasteiger charge is 2.34. The van der Waals surface area contributed by atoms with Gasteiger partial charge in [-0.1, -0.05) is 35.5 Å². The number of hydrogen-bond acceptors (Lipinski definition) is 5. The summed E-state index contributed by atoms with van der Waals surface area (Å²) >= 11 is 1.44. The largest absolute Gasteiger partial charge is 0.466 e. The average Bonchev–Trinajstić information content (AvgIpc) is 3.03. The van der Waals surface area contributed by atoms with Gasteiger partial charge in [-0.25, -0.2) is 14.6 Å². The molecule has 0 radical (unpaired) electrons. The quantitative estimate of drug-likeness (QED) is 0.609. The van der Waals surface area contributed by atoms with Gasteiger partial charge in [-0.2, -0.15) is 0 Å². The number of rotatable bonds is 5. The Kier molecular flexibility index (Phi) is 5.55. The van der Waals surface area contributed by atoms with Crippen LogP contribution in [0.1, 0.15) is 22.7 Å². The maximum absolute atomic E-state index is 12.6. The van der Waals surface area contributed by atoms with Gasteiger partial charge < -0.3 is 19.9 Å². The third kappa shape index (κ3) is 4.00. The fourth-order valence-corrected chi connectivity index (χ4v) is 3.99. The molecule has 142 valence electrons. The predicted octanol–water partition coefficient (Wildman–Crippen LogP) is 2.61. The van der Waals surface area contributed by atoms with Crippen molar-refractivity contribution in [3.05, 3.63) is 58.6 Å². The van der Waals surface area contributed by atoms with E-state index in [-0.39, 0.29) is 6.03 Å². The zero-order valence-electron chi connectivity index (χ0n) is 15.7. The fraction of sp³-hybridized carbons (Fsp3) is 0.316. The minimum Gasteiger partial charge on any atom is -0.466 e. The van der Waals surface area contributed by atoms with E-state index in [0.29, 0.717) is 17.0 Å². The van der Waals surface area contributed by atoms with Crippen LogP contribution in [-0.4, -0.2) is 34.4 Å². The average molecular weight is 386 g/mol. The summed E-state index contributed by atoms with van der Waals surface area (Å²) in [6.45, 7) is 3.97. The van der Waals surface area contributed by atoms with Gasteiger partial charge in [0.15, 0.2) is 5.16 Å². The molecule has 0 saturated carbocycles. The van der Waals surface area contributed by atoms with Gasteiger partial charge in [0.25, 0.3) is 0 Å². The lowest BCUT2D eigenvalue weighted by molar-refractivity contribution is -0.136. The van der Waals surface area contributed by atoms with E-state index in [1.54, 1.807) is 6.20 Å². The summed E-state index contributed by atoms with van der Waals surface area (Å²) in [5.74, 6) is -0.0766. The van der Waals surface area contributed by atoms with Crippen molar-refractivity contribution in [2.45, 2.75) is 25.0 Å². The highest BCUT2D eigenvalue weighted by Crippen LogP contribution is 2.32. The molecule has 0 unspecified atom stereocenters. The van der Waals surface area contributed by atoms with E-state index in [9.17, 15) is 9.59 Å². The van der Waals surface area contributed by atoms with Crippen molar-refractivity contribution >= 4 is 23.8 Å². The Morgan fingerprint density at radius 2 is 2.15 bits per heavy atom. The molecular weight excluding hydrogens is 364 g/mol. The Morgan fingerprint density at radius 1 is 1.37 bits per heavy atom. The molecule has 0 spiro atoms. The van der Waals surface area contributed by atoms with Crippen LogP contribution in [-0.2, 0) is 16.6 Å². The first kappa shape index (κ1) is 19.0. The van der Waals surface area contributed by atoms with Crippen molar-refractivity contribution in [1.29, 1.82) is 0 Å². The molecule has 27 heavy (non-hydrogen) atoms. The number of ether oxygens (including phenoxy) is 1. The standard InChI is InChI=1S/C19H22N4O3S/c1-11-5-6-13(12(2)9-11)16-15(17(24)26-4)14(21-18(25)22-16)10-27-19-20-7-8-23(19)3/h5-9,16H,10H2,1-4H3,(H2,21,22,25)/t16-/m0/s1. The van der Waals surface area contributed by atoms with Crippen LogP contribution in [0.3, 0.4) is 0 Å². The summed E-state index contributed by atoms with van der Waals surface area (Å²) in [7, 11) is 3.23. The lowest BCUT2D eigenvalue weighted by atomic mass is 9.91. The summed E-state index contributed by atoms with van der Waals surface area (Å²) in [5, 5.41) is 6.41. The van der Waals surface area contributed by atoms with Gasteiger partial charge in [0.2, 0.25) is 0 Å². The summed E-state index contributed by atoms with van der Waals surface area (Å²) in [6, 6.07) is 5.02. The number of aromatic nitrogens is 2. The van der Waals surface area contributed by atoms with Crippen molar-refractivity contribution in [3.63, 3.8) is 0 Å². The van der Waals surface area contributed by atoms with E-state index in [1.807, 2.05) is 49.9 Å². The fourth-order valence-electron chi connectivity index (χ4n) is 3.09. The summed E-state index contributed by atoms with van der Waals surface area (Å²) < 4.78 is 6.90. The molecule has 1 atom stereocenters. The van der Waals surface area contributed by atoms with Gasteiger partial charge in [-0.3, -0.25) is 0 Å². The Bertz CT molecular complexity index is 919. The second-order valence-corrected chi connectivity index (χ2v) is 7.33. The number of hydrogen-bond donors (Lipinski definition) is 2. The molecule has 8 heteroatoms. The van der Waals surface area contributed by atoms with Crippen molar-refractivity contribution in [2.24, 2.45) is 7.05 Å². The number of imidazole rings is 1. The van der Waals surface area contributed by atoms with E-state index in [2.05, 4.69) is 15.6 Å². The van der Waals surface area contributed by atoms with Gasteiger partial charge in [-0.15, -0.1) is 0 Å². The number of carbonyl (C=O) groups excluding carboxylic acids is 2. The van der Waals surface area contributed by atoms with Crippen LogP contribution in [0.25, 0.3) is 0 Å². The normalized spacial score (nSPS) is 16.7. The molecule has 2 heterocycles. The topological polar surface area (TPSA) is 85.2 Å². The van der Waals surface area contributed by atoms with Crippen molar-refractivity contribution < 1.29 is 14.3 Å². The van der Waals surface area contributed by atoms with Crippen LogP contribution in [0.2, 0.25) is 0 Å². The Balaban J connectivity index is 2.01. The first-order chi connectivity index (χ1) is 12.9. The molecule has 7 nitrogen and oxygen atoms in total. The molecule has 1 aliphatic rings. The van der Waals surface area contributed by atoms with Gasteiger partial charge in [0.1, 0.15) is 0 Å². The number of urea groups is 1. The first-order valence-electron chi connectivity index (χ1n) is 8.47. The van der Waals surface area contributed by atoms with Crippen LogP contribution in [0.5, 0.6) is 0 Å². The molecule has 1 aliphatic heterocycles. The van der Waals surface area contributed by atoms with Crippen molar-refractivity contribution in [1.82, 2.24) is 20.2 Å². The van der Waals surface area contributed by atoms with Crippen molar-refractivity contribution in [3.8, 4) is 0 Å². The van der Waals surface area contributed by atoms with E-state index in [4.69, 9.17) is 4.74 Å². The van der Waals surface area contributed by atoms with Gasteiger partial charge in [-0.05, 0) is 25.0 Å². The molecule has 3 rings (SSSR count). The van der Waals surface area contributed by atoms with E-state index < -0.39 is 12.0 Å². The van der Waals surface area contributed by atoms with Crippen LogP contribution < -0.4 is 10.6 Å². The van der Waals surface area contributed by atoms with Crippen LogP contribution in [0.15, 0.2) is 47.0 Å². The second-order valence-electron chi connectivity index (χ2n) is 6.38. The molecule has 2 N–H and O–H groups in total. The Hall–Kier alpha value is -2.74. The number of benzene rings is 1. The van der Waals surface area contributed by atoms with Crippen molar-refractivity contribution in [2.75, 3.05) is 12.9 Å². The molecule has 2 amide bonds. The number of thioether (sulfide) groups is 1. The number of carbonyl (C=O) groups is 2. The second kappa shape index (κ2) is 7.87. The van der Waals surface area contributed by atoms with E-state index in [0.717, 1.165) is 21.8 Å². The minimum absolute atomic E-state index is 0.344. The number of methoxy groups -OCH3 is 1. The summed E-state index contributed by atoms with van der Waals surface area (Å²) in [5.41, 5.74) is 3.93. The van der Waals surface area contributed by atoms with Gasteiger partial charge in [0.05, 0.1) is 18.7 Å². The maximum Gasteiger partial charge on any atom is 0.338 e. The molecular formula is C19H22N4O3S. The monoisotopic (exact) mass is 386 g/mol. The maximum atomic E-state index is 12.6. The van der Waals surface area contributed by atoms with Crippen LogP contribution in [0.4, 0.5) is 4.79 Å². The molecule has 0 aliphatic carbocycles. The SMILES string of the molecule is COC(=O)C1=C(CSc2nccn2C)NC(=O)N[C@H]1c1ccc(C)cc1C. The number of nitrogens with one attached hydrogen (secondary N) is 2. The third-order valence-electron chi connectivity index (χ3n) is 4.42. The third-order valence-corrected chi connectivity index (χ3v) is 5.50. The minimum atomic E-state index is -0.566. The van der Waals surface area contributed by atoms with Crippen LogP contribution in [0, 0.1) is 13.8 Å². The molecule has 0 saturated heterocycles. The highest BCUT2D eigenvalue weighted by atomic mass is 32.2. The lowest BCUT2D eigenvalue weighted by Crippen LogP contribution is -2.46. The first-order valence-corrected chi connectivity index (χ1v) is 9.45. The molecule has 0 fully saturated rings. The summed E-state index contributed by atoms with van der Waals surface area (Å²) in [4.78, 5) is 29.1. The van der Waals surface area contributed by atoms with Crippen LogP contribution >= 0.6 is 11.8 Å². The summed E-state index contributed by atoms with van der Waals surface area (Å²) in [6.07, 6.45) is 3.55. The highest BCUT2D eigenvalue weighted by molar-refractivity contribution is 7.99. The molecule has 1 aromatic heterocycles. The van der Waals surface area contributed by atoms with Gasteiger partial charge in [0, 0.05) is 30.9 Å². The molecule has 1 aromatic carbocycles. The number of amides is 2. The smallest absolute Gasteiger partial charge is 0.338 e. The number of nitrogens with zero attached hydrogens (tertiary/aromatic N) is 2. The Labute approximate surface area is 162 Å². The molecule has 2 aromatic rings. The zero-order valence-corrected chi connectivity index (χ0v) is 16.5.